The fourth-order valence-corrected chi connectivity index (χ4v) is 6.04. The molecule has 4 aliphatic rings. The second-order valence-corrected chi connectivity index (χ2v) is 10.1. The van der Waals surface area contributed by atoms with Gasteiger partial charge in [0.1, 0.15) is 6.61 Å². The maximum atomic E-state index is 12.9. The van der Waals surface area contributed by atoms with Crippen molar-refractivity contribution in [1.82, 2.24) is 29.7 Å². The van der Waals surface area contributed by atoms with Crippen molar-refractivity contribution in [1.29, 1.82) is 0 Å². The highest BCUT2D eigenvalue weighted by atomic mass is 19.4. The van der Waals surface area contributed by atoms with E-state index in [1.807, 2.05) is 15.9 Å². The summed E-state index contributed by atoms with van der Waals surface area (Å²) in [6.45, 7) is 2.65. The van der Waals surface area contributed by atoms with Crippen molar-refractivity contribution < 1.29 is 27.5 Å². The van der Waals surface area contributed by atoms with Crippen molar-refractivity contribution in [2.75, 3.05) is 32.8 Å². The van der Waals surface area contributed by atoms with Crippen LogP contribution >= 0.6 is 0 Å². The Hall–Kier alpha value is -2.89. The minimum Gasteiger partial charge on any atom is -0.366 e. The van der Waals surface area contributed by atoms with Crippen molar-refractivity contribution in [3.8, 4) is 0 Å². The van der Waals surface area contributed by atoms with Crippen LogP contribution in [-0.2, 0) is 22.1 Å². The lowest BCUT2D eigenvalue weighted by Crippen LogP contribution is -2.68. The van der Waals surface area contributed by atoms with Crippen molar-refractivity contribution in [2.45, 2.75) is 44.0 Å². The average molecular weight is 478 g/mol. The predicted octanol–water partition coefficient (Wildman–Crippen LogP) is 1.71. The number of alkyl halides is 3. The van der Waals surface area contributed by atoms with Gasteiger partial charge in [-0.05, 0) is 43.2 Å². The maximum absolute atomic E-state index is 12.9. The van der Waals surface area contributed by atoms with Gasteiger partial charge in [0.05, 0.1) is 12.1 Å². The average Bonchev–Trinajstić information content (AvgIpc) is 3.17. The number of nitrogens with one attached hydrogen (secondary N) is 1. The lowest BCUT2D eigenvalue weighted by Gasteiger charge is -2.60. The highest BCUT2D eigenvalue weighted by Crippen LogP contribution is 2.53. The summed E-state index contributed by atoms with van der Waals surface area (Å²) in [6, 6.07) is 3.25. The zero-order valence-corrected chi connectivity index (χ0v) is 18.4. The summed E-state index contributed by atoms with van der Waals surface area (Å²) in [5.74, 6) is -0.831. The second-order valence-electron chi connectivity index (χ2n) is 10.1. The van der Waals surface area contributed by atoms with Crippen LogP contribution in [0.5, 0.6) is 0 Å². The Kier molecular flexibility index (Phi) is 4.81. The molecule has 0 aromatic carbocycles. The van der Waals surface area contributed by atoms with Crippen LogP contribution in [0.15, 0.2) is 18.3 Å². The van der Waals surface area contributed by atoms with Gasteiger partial charge in [-0.3, -0.25) is 4.79 Å². The molecule has 3 amide bonds. The van der Waals surface area contributed by atoms with Gasteiger partial charge in [0.2, 0.25) is 5.91 Å². The Bertz CT molecular complexity index is 1140. The van der Waals surface area contributed by atoms with E-state index in [1.165, 1.54) is 4.52 Å². The van der Waals surface area contributed by atoms with Crippen LogP contribution in [-0.4, -0.2) is 81.3 Å². The zero-order chi connectivity index (χ0) is 23.7. The molecule has 2 aromatic rings. The molecule has 1 N–H and O–H groups in total. The number of urea groups is 1. The summed E-state index contributed by atoms with van der Waals surface area (Å²) in [7, 11) is 0. The van der Waals surface area contributed by atoms with Crippen molar-refractivity contribution in [3.05, 3.63) is 29.7 Å². The van der Waals surface area contributed by atoms with E-state index in [0.717, 1.165) is 44.3 Å². The van der Waals surface area contributed by atoms with E-state index in [2.05, 4.69) is 15.4 Å². The van der Waals surface area contributed by atoms with Gasteiger partial charge in [-0.2, -0.15) is 13.2 Å². The third kappa shape index (κ3) is 3.77. The molecule has 2 atom stereocenters. The van der Waals surface area contributed by atoms with Gasteiger partial charge in [-0.1, -0.05) is 6.07 Å². The number of carbonyl (C=O) groups excluding carboxylic acids is 2. The first kappa shape index (κ1) is 21.6. The second kappa shape index (κ2) is 7.56. The number of pyridine rings is 1. The largest absolute Gasteiger partial charge is 0.453 e. The van der Waals surface area contributed by atoms with E-state index in [4.69, 9.17) is 4.74 Å². The SMILES string of the molecule is O=C1CO[C@H]2CCN(C(=O)N3CC4(CC(Cc5ccc6nc(C(F)(F)F)nn6c5)C4)C3)C[C@H]2N1. The Balaban J connectivity index is 1.00. The van der Waals surface area contributed by atoms with Crippen LogP contribution in [0.3, 0.4) is 0 Å². The van der Waals surface area contributed by atoms with Crippen molar-refractivity contribution >= 4 is 17.6 Å². The van der Waals surface area contributed by atoms with E-state index >= 15 is 0 Å². The molecule has 5 heterocycles. The van der Waals surface area contributed by atoms with Crippen molar-refractivity contribution in [2.24, 2.45) is 11.3 Å². The summed E-state index contributed by atoms with van der Waals surface area (Å²) >= 11 is 0. The third-order valence-electron chi connectivity index (χ3n) is 7.53. The molecule has 9 nitrogen and oxygen atoms in total. The number of likely N-dealkylation sites (tertiary alicyclic amines) is 2. The number of halogens is 3. The number of aromatic nitrogens is 3. The van der Waals surface area contributed by atoms with Gasteiger partial charge < -0.3 is 19.9 Å². The molecule has 1 aliphatic carbocycles. The molecule has 0 bridgehead atoms. The lowest BCUT2D eigenvalue weighted by atomic mass is 9.56. The minimum absolute atomic E-state index is 0.0180. The van der Waals surface area contributed by atoms with Crippen molar-refractivity contribution in [3.63, 3.8) is 0 Å². The molecule has 1 spiro atoms. The first-order chi connectivity index (χ1) is 16.2. The lowest BCUT2D eigenvalue weighted by molar-refractivity contribution is -0.144. The van der Waals surface area contributed by atoms with Crippen LogP contribution in [0.2, 0.25) is 0 Å². The molecule has 182 valence electrons. The Labute approximate surface area is 193 Å². The third-order valence-corrected chi connectivity index (χ3v) is 7.53. The highest BCUT2D eigenvalue weighted by molar-refractivity contribution is 5.79. The number of carbonyl (C=O) groups is 2. The topological polar surface area (TPSA) is 92.1 Å². The van der Waals surface area contributed by atoms with E-state index in [0.29, 0.717) is 19.0 Å². The smallest absolute Gasteiger partial charge is 0.366 e. The Morgan fingerprint density at radius 1 is 1.24 bits per heavy atom. The molecule has 3 saturated heterocycles. The predicted molar refractivity (Wildman–Crippen MR) is 112 cm³/mol. The molecular weight excluding hydrogens is 453 g/mol. The van der Waals surface area contributed by atoms with Gasteiger partial charge in [-0.15, -0.1) is 5.10 Å². The fraction of sp³-hybridized carbons (Fsp3) is 0.636. The summed E-state index contributed by atoms with van der Waals surface area (Å²) in [5, 5.41) is 6.48. The highest BCUT2D eigenvalue weighted by Gasteiger charge is 2.54. The van der Waals surface area contributed by atoms with Crippen LogP contribution in [0.25, 0.3) is 5.65 Å². The number of hydrogen-bond donors (Lipinski definition) is 1. The molecule has 3 aliphatic heterocycles. The molecule has 6 rings (SSSR count). The number of amides is 3. The van der Waals surface area contributed by atoms with Crippen LogP contribution in [0.1, 0.15) is 30.7 Å². The Morgan fingerprint density at radius 2 is 2.03 bits per heavy atom. The minimum atomic E-state index is -4.56. The molecule has 34 heavy (non-hydrogen) atoms. The normalized spacial score (nSPS) is 26.7. The summed E-state index contributed by atoms with van der Waals surface area (Å²) in [5.41, 5.74) is 1.26. The molecule has 0 unspecified atom stereocenters. The molecule has 0 radical (unpaired) electrons. The number of morpholine rings is 1. The van der Waals surface area contributed by atoms with Crippen LogP contribution < -0.4 is 5.32 Å². The van der Waals surface area contributed by atoms with E-state index in [9.17, 15) is 22.8 Å². The molecule has 2 aromatic heterocycles. The fourth-order valence-electron chi connectivity index (χ4n) is 6.04. The van der Waals surface area contributed by atoms with E-state index in [-0.39, 0.29) is 41.8 Å². The van der Waals surface area contributed by atoms with Gasteiger partial charge in [0.25, 0.3) is 5.82 Å². The first-order valence-electron chi connectivity index (χ1n) is 11.5. The quantitative estimate of drug-likeness (QED) is 0.710. The molecular formula is C22H25F3N6O3. The summed E-state index contributed by atoms with van der Waals surface area (Å²) < 4.78 is 45.3. The number of nitrogens with zero attached hydrogens (tertiary/aromatic N) is 5. The van der Waals surface area contributed by atoms with Gasteiger partial charge in [0, 0.05) is 37.8 Å². The molecule has 4 fully saturated rings. The summed E-state index contributed by atoms with van der Waals surface area (Å²) in [6.07, 6.45) is 0.516. The zero-order valence-electron chi connectivity index (χ0n) is 18.4. The van der Waals surface area contributed by atoms with Crippen LogP contribution in [0.4, 0.5) is 18.0 Å². The maximum Gasteiger partial charge on any atom is 0.453 e. The first-order valence-corrected chi connectivity index (χ1v) is 11.5. The monoisotopic (exact) mass is 478 g/mol. The number of rotatable bonds is 2. The number of piperidine rings is 1. The number of ether oxygens (including phenoxy) is 1. The standard InChI is InChI=1S/C22H25F3N6O3/c23-22(24,25)19-27-17-2-1-13(8-31(17)28-19)5-14-6-21(7-14)11-30(12-21)20(33)29-4-3-16-15(9-29)26-18(32)10-34-16/h1-2,8,14-16H,3-7,9-12H2,(H,26,32)/t15-,16+/m1/s1. The summed E-state index contributed by atoms with van der Waals surface area (Å²) in [4.78, 5) is 31.7. The molecule has 1 saturated carbocycles. The van der Waals surface area contributed by atoms with Gasteiger partial charge >= 0.3 is 12.2 Å². The van der Waals surface area contributed by atoms with Gasteiger partial charge in [0.15, 0.2) is 5.65 Å². The van der Waals surface area contributed by atoms with E-state index in [1.54, 1.807) is 12.3 Å². The molecule has 12 heteroatoms. The van der Waals surface area contributed by atoms with Crippen LogP contribution in [0, 0.1) is 11.3 Å². The number of fused-ring (bicyclic) bond motifs is 2. The number of hydrogen-bond acceptors (Lipinski definition) is 5. The van der Waals surface area contributed by atoms with E-state index < -0.39 is 12.0 Å². The Morgan fingerprint density at radius 3 is 2.79 bits per heavy atom. The van der Waals surface area contributed by atoms with Gasteiger partial charge in [-0.25, -0.2) is 14.3 Å².